The largest absolute Gasteiger partial charge is 0.268 e. The Morgan fingerprint density at radius 2 is 2.09 bits per heavy atom. The average molecular weight is 403 g/mol. The summed E-state index contributed by atoms with van der Waals surface area (Å²) >= 11 is 4.38. The highest BCUT2D eigenvalue weighted by molar-refractivity contribution is 9.10. The van der Waals surface area contributed by atoms with E-state index in [2.05, 4.69) is 20.9 Å². The van der Waals surface area contributed by atoms with E-state index >= 15 is 0 Å². The van der Waals surface area contributed by atoms with Crippen LogP contribution >= 0.6 is 27.7 Å². The minimum absolute atomic E-state index is 0.198. The fraction of sp³-hybridized carbons (Fsp3) is 0.200. The van der Waals surface area contributed by atoms with Gasteiger partial charge in [0.15, 0.2) is 23.3 Å². The van der Waals surface area contributed by atoms with Gasteiger partial charge in [0.25, 0.3) is 5.56 Å². The van der Waals surface area contributed by atoms with Crippen LogP contribution in [0.4, 0.5) is 13.2 Å². The molecule has 3 nitrogen and oxygen atoms in total. The third kappa shape index (κ3) is 2.74. The van der Waals surface area contributed by atoms with E-state index in [1.807, 2.05) is 0 Å². The van der Waals surface area contributed by atoms with Gasteiger partial charge in [0.1, 0.15) is 0 Å². The molecule has 0 amide bonds. The molecule has 3 rings (SSSR count). The minimum atomic E-state index is -2.42. The maximum absolute atomic E-state index is 14.2. The SMILES string of the molecule is CSc1nc2ccc(Br)cc2c(=O)n1C1=C(F)C(F)C(F)C=C1. The number of alkyl halides is 2. The fourth-order valence-corrected chi connectivity index (χ4v) is 3.22. The second kappa shape index (κ2) is 6.16. The van der Waals surface area contributed by atoms with E-state index in [9.17, 15) is 18.0 Å². The maximum Gasteiger partial charge on any atom is 0.266 e. The molecule has 1 heterocycles. The molecule has 0 bridgehead atoms. The molecule has 1 aliphatic carbocycles. The van der Waals surface area contributed by atoms with Crippen molar-refractivity contribution in [1.82, 2.24) is 9.55 Å². The molecule has 23 heavy (non-hydrogen) atoms. The molecule has 2 aromatic rings. The molecule has 0 radical (unpaired) electrons. The Morgan fingerprint density at radius 3 is 2.78 bits per heavy atom. The van der Waals surface area contributed by atoms with Gasteiger partial charge in [-0.15, -0.1) is 0 Å². The number of hydrogen-bond donors (Lipinski definition) is 0. The molecule has 0 fully saturated rings. The van der Waals surface area contributed by atoms with Crippen LogP contribution in [-0.2, 0) is 0 Å². The van der Waals surface area contributed by atoms with Gasteiger partial charge >= 0.3 is 0 Å². The van der Waals surface area contributed by atoms with E-state index in [4.69, 9.17) is 0 Å². The summed E-state index contributed by atoms with van der Waals surface area (Å²) in [6.07, 6.45) is -0.851. The summed E-state index contributed by atoms with van der Waals surface area (Å²) in [7, 11) is 0. The number of aromatic nitrogens is 2. The lowest BCUT2D eigenvalue weighted by molar-refractivity contribution is 0.207. The topological polar surface area (TPSA) is 34.9 Å². The number of hydrogen-bond acceptors (Lipinski definition) is 3. The normalized spacial score (nSPS) is 21.3. The molecule has 0 spiro atoms. The van der Waals surface area contributed by atoms with E-state index in [0.29, 0.717) is 9.99 Å². The summed E-state index contributed by atoms with van der Waals surface area (Å²) in [5.41, 5.74) is -0.421. The van der Waals surface area contributed by atoms with E-state index < -0.39 is 23.7 Å². The Kier molecular flexibility index (Phi) is 4.37. The molecular weight excluding hydrogens is 393 g/mol. The van der Waals surface area contributed by atoms with Crippen LogP contribution < -0.4 is 5.56 Å². The second-order valence-electron chi connectivity index (χ2n) is 4.84. The van der Waals surface area contributed by atoms with Crippen molar-refractivity contribution in [2.24, 2.45) is 0 Å². The van der Waals surface area contributed by atoms with Gasteiger partial charge in [-0.2, -0.15) is 0 Å². The number of nitrogens with zero attached hydrogens (tertiary/aromatic N) is 2. The first-order valence-electron chi connectivity index (χ1n) is 6.56. The van der Waals surface area contributed by atoms with Crippen LogP contribution in [0.5, 0.6) is 0 Å². The predicted octanol–water partition coefficient (Wildman–Crippen LogP) is 4.27. The highest BCUT2D eigenvalue weighted by Gasteiger charge is 2.31. The van der Waals surface area contributed by atoms with Crippen molar-refractivity contribution < 1.29 is 13.2 Å². The first kappa shape index (κ1) is 16.3. The summed E-state index contributed by atoms with van der Waals surface area (Å²) in [4.78, 5) is 17.0. The van der Waals surface area contributed by atoms with Gasteiger partial charge in [-0.05, 0) is 36.6 Å². The van der Waals surface area contributed by atoms with Crippen molar-refractivity contribution in [3.8, 4) is 0 Å². The molecule has 2 unspecified atom stereocenters. The number of benzene rings is 1. The van der Waals surface area contributed by atoms with Crippen molar-refractivity contribution in [1.29, 1.82) is 0 Å². The van der Waals surface area contributed by atoms with Crippen LogP contribution in [-0.4, -0.2) is 28.2 Å². The first-order valence-corrected chi connectivity index (χ1v) is 8.58. The van der Waals surface area contributed by atoms with Crippen LogP contribution in [0.15, 0.2) is 50.6 Å². The molecule has 1 aromatic heterocycles. The lowest BCUT2D eigenvalue weighted by Crippen LogP contribution is -2.27. The highest BCUT2D eigenvalue weighted by Crippen LogP contribution is 2.30. The summed E-state index contributed by atoms with van der Waals surface area (Å²) < 4.78 is 42.7. The van der Waals surface area contributed by atoms with E-state index in [1.54, 1.807) is 24.5 Å². The van der Waals surface area contributed by atoms with Crippen LogP contribution in [0, 0.1) is 0 Å². The average Bonchev–Trinajstić information content (AvgIpc) is 2.54. The molecule has 1 aromatic carbocycles. The zero-order valence-corrected chi connectivity index (χ0v) is 14.2. The minimum Gasteiger partial charge on any atom is -0.268 e. The monoisotopic (exact) mass is 402 g/mol. The van der Waals surface area contributed by atoms with Crippen LogP contribution in [0.1, 0.15) is 0 Å². The molecule has 1 aliphatic rings. The quantitative estimate of drug-likeness (QED) is 0.555. The number of rotatable bonds is 2. The Hall–Kier alpha value is -1.54. The molecule has 120 valence electrons. The van der Waals surface area contributed by atoms with Gasteiger partial charge in [0, 0.05) is 4.47 Å². The zero-order chi connectivity index (χ0) is 16.7. The third-order valence-electron chi connectivity index (χ3n) is 3.43. The summed E-state index contributed by atoms with van der Waals surface area (Å²) in [5, 5.41) is 0.452. The van der Waals surface area contributed by atoms with Gasteiger partial charge in [-0.1, -0.05) is 27.7 Å². The Labute approximate surface area is 142 Å². The van der Waals surface area contributed by atoms with Crippen molar-refractivity contribution in [3.05, 3.63) is 51.0 Å². The van der Waals surface area contributed by atoms with E-state index in [-0.39, 0.29) is 16.2 Å². The Morgan fingerprint density at radius 1 is 1.35 bits per heavy atom. The molecule has 2 atom stereocenters. The van der Waals surface area contributed by atoms with Gasteiger partial charge in [-0.3, -0.25) is 9.36 Å². The Bertz CT molecular complexity index is 909. The molecule has 0 N–H and O–H groups in total. The predicted molar refractivity (Wildman–Crippen MR) is 88.7 cm³/mol. The number of halogens is 4. The fourth-order valence-electron chi connectivity index (χ4n) is 2.31. The summed E-state index contributed by atoms with van der Waals surface area (Å²) in [6, 6.07) is 4.94. The maximum atomic E-state index is 14.2. The van der Waals surface area contributed by atoms with Gasteiger partial charge in [-0.25, -0.2) is 18.2 Å². The smallest absolute Gasteiger partial charge is 0.266 e. The van der Waals surface area contributed by atoms with Crippen LogP contribution in [0.2, 0.25) is 0 Å². The standard InChI is InChI=1S/C15H10BrF3N2OS/c1-23-15-20-10-4-2-7(16)6-8(10)14(22)21(15)11-5-3-9(17)12(18)13(11)19/h2-6,9,12H,1H3. The first-order chi connectivity index (χ1) is 10.9. The van der Waals surface area contributed by atoms with Crippen molar-refractivity contribution in [2.45, 2.75) is 17.5 Å². The number of fused-ring (bicyclic) bond motifs is 1. The van der Waals surface area contributed by atoms with Gasteiger partial charge < -0.3 is 0 Å². The highest BCUT2D eigenvalue weighted by atomic mass is 79.9. The molecule has 0 saturated heterocycles. The van der Waals surface area contributed by atoms with Crippen molar-refractivity contribution in [2.75, 3.05) is 6.26 Å². The number of thioether (sulfide) groups is 1. The van der Waals surface area contributed by atoms with E-state index in [0.717, 1.165) is 28.5 Å². The van der Waals surface area contributed by atoms with Gasteiger partial charge in [0.2, 0.25) is 0 Å². The van der Waals surface area contributed by atoms with Crippen molar-refractivity contribution >= 4 is 44.3 Å². The second-order valence-corrected chi connectivity index (χ2v) is 6.53. The molecular formula is C15H10BrF3N2OS. The summed E-state index contributed by atoms with van der Waals surface area (Å²) in [6.45, 7) is 0. The Balaban J connectivity index is 2.35. The van der Waals surface area contributed by atoms with Crippen molar-refractivity contribution in [3.63, 3.8) is 0 Å². The summed E-state index contributed by atoms with van der Waals surface area (Å²) in [5.74, 6) is -1.31. The molecule has 0 aliphatic heterocycles. The van der Waals surface area contributed by atoms with Crippen LogP contribution in [0.25, 0.3) is 16.6 Å². The lowest BCUT2D eigenvalue weighted by Gasteiger charge is -2.19. The van der Waals surface area contributed by atoms with Gasteiger partial charge in [0.05, 0.1) is 16.6 Å². The zero-order valence-electron chi connectivity index (χ0n) is 11.8. The van der Waals surface area contributed by atoms with Crippen LogP contribution in [0.3, 0.4) is 0 Å². The molecule has 8 heteroatoms. The number of allylic oxidation sites excluding steroid dienone is 4. The van der Waals surface area contributed by atoms with E-state index in [1.165, 1.54) is 0 Å². The lowest BCUT2D eigenvalue weighted by atomic mass is 10.1. The third-order valence-corrected chi connectivity index (χ3v) is 4.56. The molecule has 0 saturated carbocycles.